The third-order valence-corrected chi connectivity index (χ3v) is 4.46. The van der Waals surface area contributed by atoms with E-state index in [1.54, 1.807) is 11.3 Å². The van der Waals surface area contributed by atoms with Crippen molar-refractivity contribution < 1.29 is 9.53 Å². The van der Waals surface area contributed by atoms with Gasteiger partial charge in [-0.25, -0.2) is 9.78 Å². The molecule has 0 aromatic heterocycles. The second-order valence-corrected chi connectivity index (χ2v) is 7.73. The standard InChI is InChI=1S/C19H21N3O2S/c1-19(2,3)24-18(23)21-11-10-20-13-8-9-15-17(12-13)25-16-7-5-4-6-14(16)22-15/h4-9,12H,10-11H2,1-3H3,(H,21,23). The summed E-state index contributed by atoms with van der Waals surface area (Å²) < 4.78 is 6.34. The predicted molar refractivity (Wildman–Crippen MR) is 101 cm³/mol. The van der Waals surface area contributed by atoms with Crippen LogP contribution in [0.1, 0.15) is 20.8 Å². The number of fused-ring (bicyclic) bond motifs is 2. The van der Waals surface area contributed by atoms with Gasteiger partial charge in [-0.15, -0.1) is 11.3 Å². The summed E-state index contributed by atoms with van der Waals surface area (Å²) in [5.41, 5.74) is 1.48. The molecule has 6 heteroatoms. The van der Waals surface area contributed by atoms with E-state index in [9.17, 15) is 4.79 Å². The van der Waals surface area contributed by atoms with Crippen molar-refractivity contribution in [2.75, 3.05) is 13.1 Å². The Morgan fingerprint density at radius 1 is 1.24 bits per heavy atom. The maximum Gasteiger partial charge on any atom is 0.407 e. The molecule has 0 saturated carbocycles. The number of nitrogens with one attached hydrogen (secondary N) is 1. The molecule has 0 fully saturated rings. The highest BCUT2D eigenvalue weighted by molar-refractivity contribution is 7.21. The van der Waals surface area contributed by atoms with E-state index in [2.05, 4.69) is 21.4 Å². The summed E-state index contributed by atoms with van der Waals surface area (Å²) in [6.07, 6.45) is -0.417. The summed E-state index contributed by atoms with van der Waals surface area (Å²) >= 11 is 1.70. The van der Waals surface area contributed by atoms with Gasteiger partial charge in [-0.1, -0.05) is 12.1 Å². The summed E-state index contributed by atoms with van der Waals surface area (Å²) in [6.45, 7) is 6.45. The highest BCUT2D eigenvalue weighted by Gasteiger charge is 2.15. The Bertz CT molecular complexity index is 928. The molecule has 2 aliphatic rings. The average Bonchev–Trinajstić information content (AvgIpc) is 2.55. The van der Waals surface area contributed by atoms with Crippen LogP contribution in [-0.2, 0) is 4.74 Å². The Hall–Kier alpha value is -2.47. The number of hydrogen-bond donors (Lipinski definition) is 1. The minimum Gasteiger partial charge on any atom is -0.444 e. The second-order valence-electron chi connectivity index (χ2n) is 6.64. The molecule has 25 heavy (non-hydrogen) atoms. The van der Waals surface area contributed by atoms with Crippen LogP contribution in [0.15, 0.2) is 47.5 Å². The van der Waals surface area contributed by atoms with Gasteiger partial charge in [-0.05, 0) is 51.1 Å². The number of nitrogens with zero attached hydrogens (tertiary/aromatic N) is 2. The van der Waals surface area contributed by atoms with E-state index in [4.69, 9.17) is 4.74 Å². The number of carbonyl (C=O) groups excluding carboxylic acids is 1. The number of para-hydroxylation sites is 1. The maximum absolute atomic E-state index is 11.6. The van der Waals surface area contributed by atoms with Gasteiger partial charge in [-0.3, -0.25) is 4.99 Å². The van der Waals surface area contributed by atoms with Crippen LogP contribution in [0.4, 0.5) is 4.79 Å². The van der Waals surface area contributed by atoms with Gasteiger partial charge in [0.25, 0.3) is 0 Å². The minimum absolute atomic E-state index is 0.417. The van der Waals surface area contributed by atoms with E-state index in [1.807, 2.05) is 57.2 Å². The summed E-state index contributed by atoms with van der Waals surface area (Å²) in [5.74, 6) is 0. The van der Waals surface area contributed by atoms with E-state index < -0.39 is 11.7 Å². The molecular weight excluding hydrogens is 334 g/mol. The van der Waals surface area contributed by atoms with Gasteiger partial charge in [0.1, 0.15) is 5.60 Å². The lowest BCUT2D eigenvalue weighted by Gasteiger charge is -2.19. The highest BCUT2D eigenvalue weighted by atomic mass is 32.1. The van der Waals surface area contributed by atoms with Crippen molar-refractivity contribution in [2.24, 2.45) is 4.99 Å². The monoisotopic (exact) mass is 355 g/mol. The Morgan fingerprint density at radius 3 is 2.84 bits per heavy atom. The maximum atomic E-state index is 11.6. The molecule has 1 heterocycles. The first-order valence-corrected chi connectivity index (χ1v) is 8.99. The van der Waals surface area contributed by atoms with Gasteiger partial charge in [-0.2, -0.15) is 0 Å². The van der Waals surface area contributed by atoms with Crippen LogP contribution < -0.4 is 10.7 Å². The molecule has 3 rings (SSSR count). The van der Waals surface area contributed by atoms with E-state index in [0.29, 0.717) is 13.1 Å². The van der Waals surface area contributed by atoms with Crippen molar-refractivity contribution in [1.82, 2.24) is 10.3 Å². The van der Waals surface area contributed by atoms with Crippen LogP contribution in [0.3, 0.4) is 0 Å². The largest absolute Gasteiger partial charge is 0.444 e. The molecule has 0 spiro atoms. The van der Waals surface area contributed by atoms with E-state index in [0.717, 1.165) is 26.1 Å². The van der Waals surface area contributed by atoms with Gasteiger partial charge in [0, 0.05) is 6.54 Å². The topological polar surface area (TPSA) is 63.6 Å². The molecule has 1 aromatic carbocycles. The van der Waals surface area contributed by atoms with Crippen LogP contribution in [0.2, 0.25) is 0 Å². The first kappa shape index (κ1) is 17.4. The number of benzene rings is 2. The van der Waals surface area contributed by atoms with Crippen LogP contribution in [0, 0.1) is 0 Å². The van der Waals surface area contributed by atoms with Crippen molar-refractivity contribution in [3.63, 3.8) is 0 Å². The summed E-state index contributed by atoms with van der Waals surface area (Å²) in [5, 5.41) is 3.59. The van der Waals surface area contributed by atoms with E-state index in [1.165, 1.54) is 0 Å². The number of alkyl carbamates (subject to hydrolysis) is 1. The quantitative estimate of drug-likeness (QED) is 0.574. The molecule has 1 aliphatic carbocycles. The van der Waals surface area contributed by atoms with Crippen LogP contribution in [0.5, 0.6) is 0 Å². The first-order valence-electron chi connectivity index (χ1n) is 8.18. The van der Waals surface area contributed by atoms with Gasteiger partial charge in [0.05, 0.1) is 32.7 Å². The molecule has 1 amide bonds. The number of amides is 1. The molecule has 1 aromatic rings. The number of carbonyl (C=O) groups is 1. The lowest BCUT2D eigenvalue weighted by Crippen LogP contribution is -2.33. The molecule has 0 saturated heterocycles. The first-order chi connectivity index (χ1) is 11.9. The van der Waals surface area contributed by atoms with Crippen molar-refractivity contribution in [1.29, 1.82) is 0 Å². The molecule has 1 N–H and O–H groups in total. The summed E-state index contributed by atoms with van der Waals surface area (Å²) in [7, 11) is 0. The zero-order valence-corrected chi connectivity index (χ0v) is 15.4. The molecule has 0 atom stereocenters. The van der Waals surface area contributed by atoms with Crippen molar-refractivity contribution >= 4 is 27.6 Å². The fourth-order valence-electron chi connectivity index (χ4n) is 2.32. The van der Waals surface area contributed by atoms with Crippen LogP contribution >= 0.6 is 11.3 Å². The molecular formula is C19H21N3O2S. The average molecular weight is 355 g/mol. The molecule has 1 aliphatic heterocycles. The number of rotatable bonds is 3. The zero-order valence-electron chi connectivity index (χ0n) is 14.6. The third kappa shape index (κ3) is 4.76. The van der Waals surface area contributed by atoms with Gasteiger partial charge in [0.15, 0.2) is 0 Å². The predicted octanol–water partition coefficient (Wildman–Crippen LogP) is 3.83. The normalized spacial score (nSPS) is 12.5. The Balaban J connectivity index is 1.69. The fraction of sp³-hybridized carbons (Fsp3) is 0.316. The van der Waals surface area contributed by atoms with Gasteiger partial charge in [0.2, 0.25) is 0 Å². The Morgan fingerprint density at radius 2 is 2.04 bits per heavy atom. The van der Waals surface area contributed by atoms with Crippen molar-refractivity contribution in [3.05, 3.63) is 47.8 Å². The minimum atomic E-state index is -0.489. The van der Waals surface area contributed by atoms with Crippen molar-refractivity contribution in [2.45, 2.75) is 26.4 Å². The molecule has 5 nitrogen and oxygen atoms in total. The summed E-state index contributed by atoms with van der Waals surface area (Å²) in [6, 6.07) is 14.1. The molecule has 0 bridgehead atoms. The van der Waals surface area contributed by atoms with Gasteiger partial charge >= 0.3 is 6.09 Å². The fourth-order valence-corrected chi connectivity index (χ4v) is 3.32. The SMILES string of the molecule is CC(C)(C)OC(=O)NCCN=c1ccc2nc3ccccc3sc-2c1. The number of ether oxygens (including phenoxy) is 1. The molecule has 0 radical (unpaired) electrons. The zero-order chi connectivity index (χ0) is 17.9. The van der Waals surface area contributed by atoms with E-state index >= 15 is 0 Å². The van der Waals surface area contributed by atoms with Gasteiger partial charge < -0.3 is 10.1 Å². The summed E-state index contributed by atoms with van der Waals surface area (Å²) in [4.78, 5) is 21.9. The lowest BCUT2D eigenvalue weighted by atomic mass is 10.2. The van der Waals surface area contributed by atoms with Crippen LogP contribution in [-0.4, -0.2) is 29.8 Å². The molecule has 0 unspecified atom stereocenters. The smallest absolute Gasteiger partial charge is 0.407 e. The number of hydrogen-bond acceptors (Lipinski definition) is 5. The van der Waals surface area contributed by atoms with Crippen LogP contribution in [0.25, 0.3) is 20.8 Å². The Labute approximate surface area is 150 Å². The Kier molecular flexibility index (Phi) is 4.99. The third-order valence-electron chi connectivity index (χ3n) is 3.34. The van der Waals surface area contributed by atoms with Crippen molar-refractivity contribution in [3.8, 4) is 10.6 Å². The number of aromatic nitrogens is 1. The lowest BCUT2D eigenvalue weighted by molar-refractivity contribution is 0.0529. The molecule has 130 valence electrons. The second kappa shape index (κ2) is 7.19. The highest BCUT2D eigenvalue weighted by Crippen LogP contribution is 2.28. The van der Waals surface area contributed by atoms with E-state index in [-0.39, 0.29) is 0 Å².